The quantitative estimate of drug-likeness (QED) is 0.861. The molecule has 3 N–H and O–H groups in total. The summed E-state index contributed by atoms with van der Waals surface area (Å²) < 4.78 is 4.62. The Balaban J connectivity index is 1.93. The second kappa shape index (κ2) is 6.17. The number of hydrogen-bond donors (Lipinski definition) is 2. The average molecular weight is 269 g/mol. The van der Waals surface area contributed by atoms with Gasteiger partial charge in [0.15, 0.2) is 0 Å². The molecule has 0 saturated carbocycles. The molecule has 1 aliphatic rings. The van der Waals surface area contributed by atoms with Gasteiger partial charge in [0.25, 0.3) is 0 Å². The van der Waals surface area contributed by atoms with E-state index >= 15 is 0 Å². The third-order valence-electron chi connectivity index (χ3n) is 3.26. The molecule has 5 nitrogen and oxygen atoms in total. The number of ether oxygens (including phenoxy) is 1. The van der Waals surface area contributed by atoms with E-state index in [0.717, 1.165) is 19.5 Å². The lowest BCUT2D eigenvalue weighted by molar-refractivity contribution is 0.165. The predicted octanol–water partition coefficient (Wildman–Crippen LogP) is 1.18. The Bertz CT molecular complexity index is 383. The van der Waals surface area contributed by atoms with Crippen LogP contribution < -0.4 is 11.1 Å². The highest BCUT2D eigenvalue weighted by Gasteiger charge is 2.29. The van der Waals surface area contributed by atoms with Crippen molar-refractivity contribution in [3.63, 3.8) is 0 Å². The number of carbonyl (C=O) groups is 1. The van der Waals surface area contributed by atoms with Gasteiger partial charge in [0.2, 0.25) is 0 Å². The number of methoxy groups -OCH3 is 1. The molecule has 0 spiro atoms. The molecule has 0 aromatic carbocycles. The van der Waals surface area contributed by atoms with Crippen LogP contribution in [0.25, 0.3) is 0 Å². The fourth-order valence-corrected chi connectivity index (χ4v) is 3.21. The van der Waals surface area contributed by atoms with Crippen LogP contribution in [0.2, 0.25) is 0 Å². The van der Waals surface area contributed by atoms with E-state index in [1.807, 2.05) is 6.07 Å². The zero-order valence-corrected chi connectivity index (χ0v) is 11.3. The summed E-state index contributed by atoms with van der Waals surface area (Å²) in [5, 5.41) is 4.91. The predicted molar refractivity (Wildman–Crippen MR) is 71.6 cm³/mol. The Morgan fingerprint density at radius 3 is 3.22 bits per heavy atom. The van der Waals surface area contributed by atoms with E-state index in [0.29, 0.717) is 6.54 Å². The molecule has 1 aromatic rings. The third kappa shape index (κ3) is 3.01. The molecule has 2 rings (SSSR count). The van der Waals surface area contributed by atoms with E-state index in [4.69, 9.17) is 5.73 Å². The number of amides is 1. The number of likely N-dealkylation sites (tertiary alicyclic amines) is 1. The van der Waals surface area contributed by atoms with Crippen molar-refractivity contribution >= 4 is 17.4 Å². The number of rotatable bonds is 4. The molecule has 1 fully saturated rings. The highest BCUT2D eigenvalue weighted by molar-refractivity contribution is 7.10. The lowest BCUT2D eigenvalue weighted by Gasteiger charge is -2.25. The van der Waals surface area contributed by atoms with Crippen molar-refractivity contribution in [2.24, 2.45) is 5.73 Å². The van der Waals surface area contributed by atoms with Crippen molar-refractivity contribution in [1.29, 1.82) is 0 Å². The van der Waals surface area contributed by atoms with Crippen LogP contribution >= 0.6 is 11.3 Å². The molecule has 18 heavy (non-hydrogen) atoms. The van der Waals surface area contributed by atoms with Gasteiger partial charge in [0, 0.05) is 30.6 Å². The van der Waals surface area contributed by atoms with Crippen LogP contribution in [0.3, 0.4) is 0 Å². The lowest BCUT2D eigenvalue weighted by atomic mass is 10.2. The molecule has 2 atom stereocenters. The summed E-state index contributed by atoms with van der Waals surface area (Å²) >= 11 is 1.73. The molecule has 0 radical (unpaired) electrons. The monoisotopic (exact) mass is 269 g/mol. The van der Waals surface area contributed by atoms with E-state index in [9.17, 15) is 4.79 Å². The van der Waals surface area contributed by atoms with Gasteiger partial charge in [-0.1, -0.05) is 6.07 Å². The van der Waals surface area contributed by atoms with Crippen molar-refractivity contribution in [3.05, 3.63) is 22.4 Å². The minimum absolute atomic E-state index is 0.159. The van der Waals surface area contributed by atoms with Crippen molar-refractivity contribution < 1.29 is 9.53 Å². The Morgan fingerprint density at radius 1 is 1.78 bits per heavy atom. The summed E-state index contributed by atoms with van der Waals surface area (Å²) in [5.41, 5.74) is 5.87. The number of nitrogens with two attached hydrogens (primary N) is 1. The van der Waals surface area contributed by atoms with Crippen LogP contribution in [0.1, 0.15) is 17.3 Å². The molecule has 1 amide bonds. The van der Waals surface area contributed by atoms with Crippen LogP contribution in [0, 0.1) is 0 Å². The van der Waals surface area contributed by atoms with Gasteiger partial charge in [-0.05, 0) is 17.9 Å². The van der Waals surface area contributed by atoms with Gasteiger partial charge in [0.05, 0.1) is 13.2 Å². The maximum absolute atomic E-state index is 11.2. The number of nitrogens with zero attached hydrogens (tertiary/aromatic N) is 1. The lowest BCUT2D eigenvalue weighted by Crippen LogP contribution is -2.38. The number of hydrogen-bond acceptors (Lipinski definition) is 5. The van der Waals surface area contributed by atoms with E-state index in [2.05, 4.69) is 26.4 Å². The van der Waals surface area contributed by atoms with Gasteiger partial charge < -0.3 is 15.8 Å². The number of carbonyl (C=O) groups excluding carboxylic acids is 1. The third-order valence-corrected chi connectivity index (χ3v) is 4.24. The van der Waals surface area contributed by atoms with Crippen LogP contribution in [0.5, 0.6) is 0 Å². The van der Waals surface area contributed by atoms with Crippen LogP contribution in [0.4, 0.5) is 4.79 Å². The van der Waals surface area contributed by atoms with Gasteiger partial charge in [-0.25, -0.2) is 4.79 Å². The molecule has 2 heterocycles. The first-order chi connectivity index (χ1) is 8.74. The maximum Gasteiger partial charge on any atom is 0.407 e. The van der Waals surface area contributed by atoms with E-state index in [1.54, 1.807) is 11.3 Å². The molecule has 100 valence electrons. The largest absolute Gasteiger partial charge is 0.453 e. The molecule has 1 aliphatic heterocycles. The molecule has 2 unspecified atom stereocenters. The van der Waals surface area contributed by atoms with Gasteiger partial charge in [-0.2, -0.15) is 0 Å². The number of thiophene rings is 1. The summed E-state index contributed by atoms with van der Waals surface area (Å²) in [4.78, 5) is 14.8. The standard InChI is InChI=1S/C12H19N3O2S/c1-17-12(16)14-9-4-5-15(8-9)10(7-13)11-3-2-6-18-11/h2-3,6,9-10H,4-5,7-8,13H2,1H3,(H,14,16). The number of nitrogens with one attached hydrogen (secondary N) is 1. The normalized spacial score (nSPS) is 21.8. The second-order valence-corrected chi connectivity index (χ2v) is 5.36. The first-order valence-corrected chi connectivity index (χ1v) is 6.94. The molecule has 0 bridgehead atoms. The van der Waals surface area contributed by atoms with E-state index in [-0.39, 0.29) is 18.2 Å². The highest BCUT2D eigenvalue weighted by Crippen LogP contribution is 2.27. The first kappa shape index (κ1) is 13.3. The molecule has 6 heteroatoms. The highest BCUT2D eigenvalue weighted by atomic mass is 32.1. The van der Waals surface area contributed by atoms with E-state index in [1.165, 1.54) is 12.0 Å². The second-order valence-electron chi connectivity index (χ2n) is 4.38. The van der Waals surface area contributed by atoms with Gasteiger partial charge in [-0.3, -0.25) is 4.90 Å². The van der Waals surface area contributed by atoms with Crippen molar-refractivity contribution in [3.8, 4) is 0 Å². The summed E-state index contributed by atoms with van der Waals surface area (Å²) in [5.74, 6) is 0. The summed E-state index contributed by atoms with van der Waals surface area (Å²) in [6.45, 7) is 2.38. The summed E-state index contributed by atoms with van der Waals surface area (Å²) in [6, 6.07) is 4.58. The van der Waals surface area contributed by atoms with Gasteiger partial charge >= 0.3 is 6.09 Å². The number of alkyl carbamates (subject to hydrolysis) is 1. The molecule has 1 aromatic heterocycles. The van der Waals surface area contributed by atoms with Crippen molar-refractivity contribution in [1.82, 2.24) is 10.2 Å². The van der Waals surface area contributed by atoms with Gasteiger partial charge in [0.1, 0.15) is 0 Å². The van der Waals surface area contributed by atoms with Crippen molar-refractivity contribution in [2.45, 2.75) is 18.5 Å². The smallest absolute Gasteiger partial charge is 0.407 e. The summed E-state index contributed by atoms with van der Waals surface area (Å²) in [7, 11) is 1.39. The SMILES string of the molecule is COC(=O)NC1CCN(C(CN)c2cccs2)C1. The van der Waals surface area contributed by atoms with Gasteiger partial charge in [-0.15, -0.1) is 11.3 Å². The molecular formula is C12H19N3O2S. The molecule has 0 aliphatic carbocycles. The van der Waals surface area contributed by atoms with Crippen LogP contribution in [-0.2, 0) is 4.74 Å². The zero-order valence-electron chi connectivity index (χ0n) is 10.5. The maximum atomic E-state index is 11.2. The van der Waals surface area contributed by atoms with Crippen molar-refractivity contribution in [2.75, 3.05) is 26.7 Å². The Labute approximate surface area is 111 Å². The first-order valence-electron chi connectivity index (χ1n) is 6.06. The Kier molecular flexibility index (Phi) is 4.57. The zero-order chi connectivity index (χ0) is 13.0. The summed E-state index contributed by atoms with van der Waals surface area (Å²) in [6.07, 6.45) is 0.582. The fraction of sp³-hybridized carbons (Fsp3) is 0.583. The van der Waals surface area contributed by atoms with Crippen LogP contribution in [-0.4, -0.2) is 43.8 Å². The molecular weight excluding hydrogens is 250 g/mol. The van der Waals surface area contributed by atoms with E-state index < -0.39 is 0 Å². The van der Waals surface area contributed by atoms with Crippen LogP contribution in [0.15, 0.2) is 17.5 Å². The Morgan fingerprint density at radius 2 is 2.61 bits per heavy atom. The topological polar surface area (TPSA) is 67.6 Å². The average Bonchev–Trinajstić information content (AvgIpc) is 3.02. The fourth-order valence-electron chi connectivity index (χ4n) is 2.34. The minimum Gasteiger partial charge on any atom is -0.453 e. The Hall–Kier alpha value is -1.11. The molecule has 1 saturated heterocycles. The minimum atomic E-state index is -0.359.